The molecule has 1 atom stereocenters. The van der Waals surface area contributed by atoms with Crippen molar-refractivity contribution in [2.75, 3.05) is 5.32 Å². The second kappa shape index (κ2) is 8.17. The highest BCUT2D eigenvalue weighted by molar-refractivity contribution is 6.12. The molecule has 0 spiro atoms. The predicted molar refractivity (Wildman–Crippen MR) is 146 cm³/mol. The van der Waals surface area contributed by atoms with Crippen molar-refractivity contribution in [1.82, 2.24) is 0 Å². The third-order valence-electron chi connectivity index (χ3n) is 7.64. The van der Waals surface area contributed by atoms with Crippen molar-refractivity contribution in [3.63, 3.8) is 0 Å². The van der Waals surface area contributed by atoms with Crippen molar-refractivity contribution in [2.45, 2.75) is 46.6 Å². The Morgan fingerprint density at radius 1 is 1.03 bits per heavy atom. The first-order valence-corrected chi connectivity index (χ1v) is 12.5. The first-order valence-electron chi connectivity index (χ1n) is 12.5. The predicted octanol–water partition coefficient (Wildman–Crippen LogP) is 7.93. The highest BCUT2D eigenvalue weighted by Crippen LogP contribution is 2.52. The first-order chi connectivity index (χ1) is 17.6. The molecule has 0 bridgehead atoms. The molecule has 0 saturated heterocycles. The number of ketones is 1. The van der Waals surface area contributed by atoms with E-state index < -0.39 is 6.04 Å². The fourth-order valence-electron chi connectivity index (χ4n) is 5.99. The zero-order chi connectivity index (χ0) is 26.1. The third kappa shape index (κ3) is 3.75. The van der Waals surface area contributed by atoms with Crippen LogP contribution in [0.25, 0.3) is 27.7 Å². The quantitative estimate of drug-likeness (QED) is 0.232. The van der Waals surface area contributed by atoms with Crippen LogP contribution in [0.2, 0.25) is 0 Å². The summed E-state index contributed by atoms with van der Waals surface area (Å²) in [5, 5.41) is 17.5. The molecule has 0 fully saturated rings. The van der Waals surface area contributed by atoms with Crippen LogP contribution in [0, 0.1) is 29.4 Å². The summed E-state index contributed by atoms with van der Waals surface area (Å²) in [6, 6.07) is 19.2. The number of anilines is 1. The number of aryl methyl sites for hydroxylation is 1. The van der Waals surface area contributed by atoms with E-state index in [4.69, 9.17) is 4.42 Å². The monoisotopic (exact) mass is 492 g/mol. The van der Waals surface area contributed by atoms with Crippen LogP contribution in [0.4, 0.5) is 11.4 Å². The Kier molecular flexibility index (Phi) is 5.13. The second-order valence-corrected chi connectivity index (χ2v) is 11.0. The van der Waals surface area contributed by atoms with Crippen LogP contribution in [-0.4, -0.2) is 10.7 Å². The highest BCUT2D eigenvalue weighted by atomic mass is 16.6. The molecule has 0 radical (unpaired) electrons. The Morgan fingerprint density at radius 2 is 1.81 bits per heavy atom. The van der Waals surface area contributed by atoms with Gasteiger partial charge in [-0.3, -0.25) is 14.9 Å². The normalized spacial score (nSPS) is 18.4. The van der Waals surface area contributed by atoms with Gasteiger partial charge in [-0.25, -0.2) is 0 Å². The van der Waals surface area contributed by atoms with Crippen molar-refractivity contribution >= 4 is 33.5 Å². The van der Waals surface area contributed by atoms with Crippen LogP contribution in [0.1, 0.15) is 55.2 Å². The molecular formula is C31H28N2O4. The average Bonchev–Trinajstić information content (AvgIpc) is 3.33. The molecule has 2 aliphatic rings. The van der Waals surface area contributed by atoms with Crippen LogP contribution in [0.5, 0.6) is 0 Å². The summed E-state index contributed by atoms with van der Waals surface area (Å²) < 4.78 is 6.36. The molecule has 1 aromatic heterocycles. The fraction of sp³-hybridized carbons (Fsp3) is 0.258. The molecule has 186 valence electrons. The lowest BCUT2D eigenvalue weighted by Gasteiger charge is -2.39. The molecule has 2 heterocycles. The lowest BCUT2D eigenvalue weighted by Crippen LogP contribution is -2.33. The Morgan fingerprint density at radius 3 is 2.59 bits per heavy atom. The van der Waals surface area contributed by atoms with Gasteiger partial charge in [0.1, 0.15) is 17.6 Å². The molecule has 0 amide bonds. The third-order valence-corrected chi connectivity index (χ3v) is 7.64. The van der Waals surface area contributed by atoms with E-state index in [9.17, 15) is 14.9 Å². The van der Waals surface area contributed by atoms with E-state index in [2.05, 4.69) is 43.4 Å². The minimum atomic E-state index is -0.430. The van der Waals surface area contributed by atoms with Gasteiger partial charge >= 0.3 is 0 Å². The van der Waals surface area contributed by atoms with Crippen molar-refractivity contribution in [3.05, 3.63) is 98.8 Å². The molecule has 0 unspecified atom stereocenters. The summed E-state index contributed by atoms with van der Waals surface area (Å²) in [4.78, 5) is 24.9. The Labute approximate surface area is 215 Å². The summed E-state index contributed by atoms with van der Waals surface area (Å²) in [6.45, 7) is 7.87. The number of Topliss-reactive ketones (excluding diaryl/α,β-unsaturated/α-hetero) is 1. The summed E-state index contributed by atoms with van der Waals surface area (Å²) in [5.41, 5.74) is 5.88. The Bertz CT molecular complexity index is 1660. The van der Waals surface area contributed by atoms with E-state index in [1.807, 2.05) is 37.3 Å². The average molecular weight is 493 g/mol. The smallest absolute Gasteiger partial charge is 0.273 e. The van der Waals surface area contributed by atoms with Crippen LogP contribution in [-0.2, 0) is 4.79 Å². The van der Waals surface area contributed by atoms with E-state index in [0.717, 1.165) is 45.2 Å². The lowest BCUT2D eigenvalue weighted by atomic mass is 9.68. The maximum atomic E-state index is 13.7. The number of carbonyl (C=O) groups excluding carboxylic acids is 1. The number of hydrogen-bond donors (Lipinski definition) is 1. The molecule has 1 aliphatic heterocycles. The number of carbonyl (C=O) groups is 1. The molecule has 6 rings (SSSR count). The maximum Gasteiger partial charge on any atom is 0.273 e. The van der Waals surface area contributed by atoms with Gasteiger partial charge in [0, 0.05) is 40.4 Å². The molecule has 4 aromatic rings. The minimum absolute atomic E-state index is 0.0687. The molecular weight excluding hydrogens is 464 g/mol. The van der Waals surface area contributed by atoms with Gasteiger partial charge in [-0.2, -0.15) is 0 Å². The number of benzene rings is 3. The van der Waals surface area contributed by atoms with E-state index in [0.29, 0.717) is 29.1 Å². The number of rotatable bonds is 3. The van der Waals surface area contributed by atoms with Crippen LogP contribution in [0.3, 0.4) is 0 Å². The van der Waals surface area contributed by atoms with Gasteiger partial charge in [0.2, 0.25) is 0 Å². The van der Waals surface area contributed by atoms with E-state index in [1.165, 1.54) is 0 Å². The topological polar surface area (TPSA) is 85.4 Å². The molecule has 1 aliphatic carbocycles. The molecule has 0 saturated carbocycles. The molecule has 6 heteroatoms. The second-order valence-electron chi connectivity index (χ2n) is 11.0. The van der Waals surface area contributed by atoms with Crippen molar-refractivity contribution in [3.8, 4) is 11.3 Å². The number of hydrogen-bond acceptors (Lipinski definition) is 5. The SMILES string of the molecule is Cc1cc(-c2ccc([C@H]3Nc4ccc5ccccc5c4C4=C3C(=O)CC(C)(C)C4)o2)c(C)c([N+](=O)[O-])c1. The molecule has 1 N–H and O–H groups in total. The number of nitrogens with zero attached hydrogens (tertiary/aromatic N) is 1. The molecule has 37 heavy (non-hydrogen) atoms. The number of allylic oxidation sites excluding steroid dienone is 1. The summed E-state index contributed by atoms with van der Waals surface area (Å²) in [5.74, 6) is 1.30. The van der Waals surface area contributed by atoms with Crippen molar-refractivity contribution in [1.29, 1.82) is 0 Å². The standard InChI is InChI=1S/C31H28N2O4/c1-17-13-21(18(2)24(14-17)33(35)36)26-11-12-27(37-26)30-29-22(15-31(3,4)16-25(29)34)28-20-8-6-5-7-19(20)9-10-23(28)32-30/h5-14,30,32H,15-16H2,1-4H3/t30-/m1/s1. The number of nitro groups is 1. The number of furan rings is 1. The van der Waals surface area contributed by atoms with Gasteiger partial charge in [-0.15, -0.1) is 0 Å². The van der Waals surface area contributed by atoms with Gasteiger partial charge in [-0.05, 0) is 71.9 Å². The van der Waals surface area contributed by atoms with Gasteiger partial charge in [0.05, 0.1) is 4.92 Å². The maximum absolute atomic E-state index is 13.7. The number of fused-ring (bicyclic) bond motifs is 4. The fourth-order valence-corrected chi connectivity index (χ4v) is 5.99. The molecule has 6 nitrogen and oxygen atoms in total. The van der Waals surface area contributed by atoms with E-state index in [-0.39, 0.29) is 21.8 Å². The summed E-state index contributed by atoms with van der Waals surface area (Å²) in [6.07, 6.45) is 1.27. The Hall–Kier alpha value is -4.19. The lowest BCUT2D eigenvalue weighted by molar-refractivity contribution is -0.385. The highest BCUT2D eigenvalue weighted by Gasteiger charge is 2.41. The summed E-state index contributed by atoms with van der Waals surface area (Å²) in [7, 11) is 0. The molecule has 3 aromatic carbocycles. The van der Waals surface area contributed by atoms with Crippen LogP contribution in [0.15, 0.2) is 70.7 Å². The van der Waals surface area contributed by atoms with Gasteiger partial charge < -0.3 is 9.73 Å². The number of nitrogens with one attached hydrogen (secondary N) is 1. The zero-order valence-electron chi connectivity index (χ0n) is 21.3. The summed E-state index contributed by atoms with van der Waals surface area (Å²) >= 11 is 0. The van der Waals surface area contributed by atoms with Crippen molar-refractivity contribution < 1.29 is 14.1 Å². The van der Waals surface area contributed by atoms with Gasteiger partial charge in [-0.1, -0.05) is 44.2 Å². The minimum Gasteiger partial charge on any atom is -0.459 e. The number of nitro benzene ring substituents is 1. The van der Waals surface area contributed by atoms with E-state index >= 15 is 0 Å². The van der Waals surface area contributed by atoms with Gasteiger partial charge in [0.15, 0.2) is 5.78 Å². The van der Waals surface area contributed by atoms with Crippen LogP contribution >= 0.6 is 0 Å². The van der Waals surface area contributed by atoms with Crippen LogP contribution < -0.4 is 5.32 Å². The van der Waals surface area contributed by atoms with Crippen molar-refractivity contribution in [2.24, 2.45) is 5.41 Å². The zero-order valence-corrected chi connectivity index (χ0v) is 21.3. The first kappa shape index (κ1) is 23.2. The largest absolute Gasteiger partial charge is 0.459 e. The van der Waals surface area contributed by atoms with Gasteiger partial charge in [0.25, 0.3) is 5.69 Å². The Balaban J connectivity index is 1.52. The van der Waals surface area contributed by atoms with E-state index in [1.54, 1.807) is 13.0 Å².